The molecule has 4 aromatic rings. The van der Waals surface area contributed by atoms with E-state index in [-0.39, 0.29) is 5.91 Å². The lowest BCUT2D eigenvalue weighted by atomic mass is 10.2. The molecule has 2 aromatic heterocycles. The molecular formula is C20H17N3O3. The minimum atomic E-state index is -0.398. The number of nitrogens with one attached hydrogen (secondary N) is 1. The first-order chi connectivity index (χ1) is 12.7. The number of oxazole rings is 1. The fraction of sp³-hybridized carbons (Fsp3) is 0.150. The Kier molecular flexibility index (Phi) is 4.23. The molecule has 0 spiro atoms. The molecule has 1 amide bonds. The minimum absolute atomic E-state index is 0.107. The van der Waals surface area contributed by atoms with Crippen molar-refractivity contribution in [2.24, 2.45) is 0 Å². The maximum Gasteiger partial charge on any atom is 0.419 e. The van der Waals surface area contributed by atoms with E-state index in [4.69, 9.17) is 4.42 Å². The first-order valence-corrected chi connectivity index (χ1v) is 8.44. The predicted molar refractivity (Wildman–Crippen MR) is 100 cm³/mol. The first kappa shape index (κ1) is 16.1. The van der Waals surface area contributed by atoms with Crippen molar-refractivity contribution >= 4 is 33.6 Å². The number of amides is 1. The molecule has 6 nitrogen and oxygen atoms in total. The molecule has 0 bridgehead atoms. The summed E-state index contributed by atoms with van der Waals surface area (Å²) in [6, 6.07) is 16.8. The highest BCUT2D eigenvalue weighted by Gasteiger charge is 2.10. The summed E-state index contributed by atoms with van der Waals surface area (Å²) in [4.78, 5) is 28.6. The molecule has 130 valence electrons. The van der Waals surface area contributed by atoms with Crippen LogP contribution in [0.3, 0.4) is 0 Å². The van der Waals surface area contributed by atoms with Crippen LogP contribution in [0.2, 0.25) is 0 Å². The number of fused-ring (bicyclic) bond motifs is 2. The van der Waals surface area contributed by atoms with Crippen molar-refractivity contribution in [2.45, 2.75) is 19.4 Å². The van der Waals surface area contributed by atoms with Gasteiger partial charge < -0.3 is 9.73 Å². The summed E-state index contributed by atoms with van der Waals surface area (Å²) >= 11 is 0. The van der Waals surface area contributed by atoms with Crippen molar-refractivity contribution in [3.63, 3.8) is 0 Å². The van der Waals surface area contributed by atoms with E-state index in [0.717, 1.165) is 16.4 Å². The standard InChI is InChI=1S/C20H17N3O3/c24-18(22-15-8-3-6-14-7-4-12-21-19(14)15)11-5-13-23-16-9-1-2-10-17(16)26-20(23)25/h1-4,6-10,12H,5,11,13H2,(H,22,24). The Morgan fingerprint density at radius 3 is 2.85 bits per heavy atom. The van der Waals surface area contributed by atoms with Gasteiger partial charge >= 0.3 is 5.76 Å². The average molecular weight is 347 g/mol. The van der Waals surface area contributed by atoms with Crippen molar-refractivity contribution in [3.05, 3.63) is 71.3 Å². The van der Waals surface area contributed by atoms with E-state index in [1.165, 1.54) is 0 Å². The number of hydrogen-bond acceptors (Lipinski definition) is 4. The lowest BCUT2D eigenvalue weighted by Crippen LogP contribution is -2.17. The summed E-state index contributed by atoms with van der Waals surface area (Å²) in [6.07, 6.45) is 2.54. The summed E-state index contributed by atoms with van der Waals surface area (Å²) in [5.74, 6) is -0.506. The van der Waals surface area contributed by atoms with Crippen LogP contribution in [0.15, 0.2) is 70.0 Å². The van der Waals surface area contributed by atoms with E-state index in [2.05, 4.69) is 10.3 Å². The fourth-order valence-corrected chi connectivity index (χ4v) is 3.04. The Morgan fingerprint density at radius 2 is 1.92 bits per heavy atom. The molecular weight excluding hydrogens is 330 g/mol. The summed E-state index contributed by atoms with van der Waals surface area (Å²) in [7, 11) is 0. The van der Waals surface area contributed by atoms with Crippen molar-refractivity contribution in [2.75, 3.05) is 5.32 Å². The van der Waals surface area contributed by atoms with Crippen LogP contribution in [-0.2, 0) is 11.3 Å². The van der Waals surface area contributed by atoms with Gasteiger partial charge in [0.25, 0.3) is 0 Å². The Hall–Kier alpha value is -3.41. The Bertz CT molecular complexity index is 1140. The quantitative estimate of drug-likeness (QED) is 0.599. The van der Waals surface area contributed by atoms with Crippen LogP contribution in [0.25, 0.3) is 22.0 Å². The maximum absolute atomic E-state index is 12.3. The third kappa shape index (κ3) is 3.09. The number of carbonyl (C=O) groups excluding carboxylic acids is 1. The van der Waals surface area contributed by atoms with E-state index in [1.807, 2.05) is 48.5 Å². The highest BCUT2D eigenvalue weighted by molar-refractivity contribution is 6.00. The largest absolute Gasteiger partial charge is 0.419 e. The number of para-hydroxylation sites is 3. The summed E-state index contributed by atoms with van der Waals surface area (Å²) in [6.45, 7) is 0.428. The number of hydrogen-bond donors (Lipinski definition) is 1. The van der Waals surface area contributed by atoms with Crippen LogP contribution in [0.4, 0.5) is 5.69 Å². The summed E-state index contributed by atoms with van der Waals surface area (Å²) < 4.78 is 6.76. The van der Waals surface area contributed by atoms with Gasteiger partial charge in [-0.2, -0.15) is 0 Å². The molecule has 2 heterocycles. The fourth-order valence-electron chi connectivity index (χ4n) is 3.04. The molecule has 4 rings (SSSR count). The molecule has 0 saturated heterocycles. The van der Waals surface area contributed by atoms with Gasteiger partial charge in [-0.25, -0.2) is 4.79 Å². The first-order valence-electron chi connectivity index (χ1n) is 8.44. The lowest BCUT2D eigenvalue weighted by molar-refractivity contribution is -0.116. The van der Waals surface area contributed by atoms with Gasteiger partial charge in [0.05, 0.1) is 16.7 Å². The second kappa shape index (κ2) is 6.84. The van der Waals surface area contributed by atoms with E-state index < -0.39 is 5.76 Å². The van der Waals surface area contributed by atoms with Crippen LogP contribution in [0.1, 0.15) is 12.8 Å². The van der Waals surface area contributed by atoms with Gasteiger partial charge in [0, 0.05) is 24.5 Å². The summed E-state index contributed by atoms with van der Waals surface area (Å²) in [5.41, 5.74) is 2.76. The molecule has 0 saturated carbocycles. The Labute approximate surface area is 149 Å². The number of carbonyl (C=O) groups is 1. The Morgan fingerprint density at radius 1 is 1.08 bits per heavy atom. The van der Waals surface area contributed by atoms with Gasteiger partial charge in [-0.05, 0) is 30.7 Å². The van der Waals surface area contributed by atoms with Gasteiger partial charge in [0.1, 0.15) is 0 Å². The molecule has 0 aliphatic carbocycles. The van der Waals surface area contributed by atoms with Gasteiger partial charge in [-0.1, -0.05) is 30.3 Å². The third-order valence-electron chi connectivity index (χ3n) is 4.27. The molecule has 6 heteroatoms. The second-order valence-corrected chi connectivity index (χ2v) is 6.02. The molecule has 0 fully saturated rings. The zero-order valence-electron chi connectivity index (χ0n) is 14.0. The molecule has 1 N–H and O–H groups in total. The molecule has 0 unspecified atom stereocenters. The summed E-state index contributed by atoms with van der Waals surface area (Å²) in [5, 5.41) is 3.88. The van der Waals surface area contributed by atoms with Crippen LogP contribution in [0, 0.1) is 0 Å². The zero-order valence-corrected chi connectivity index (χ0v) is 14.0. The molecule has 2 aromatic carbocycles. The highest BCUT2D eigenvalue weighted by Crippen LogP contribution is 2.21. The molecule has 0 radical (unpaired) electrons. The van der Waals surface area contributed by atoms with Gasteiger partial charge in [-0.3, -0.25) is 14.3 Å². The number of nitrogens with zero attached hydrogens (tertiary/aromatic N) is 2. The molecule has 26 heavy (non-hydrogen) atoms. The Balaban J connectivity index is 1.42. The van der Waals surface area contributed by atoms with Crippen LogP contribution in [-0.4, -0.2) is 15.5 Å². The van der Waals surface area contributed by atoms with Gasteiger partial charge in [0.15, 0.2) is 5.58 Å². The van der Waals surface area contributed by atoms with Crippen LogP contribution in [0.5, 0.6) is 0 Å². The third-order valence-corrected chi connectivity index (χ3v) is 4.27. The second-order valence-electron chi connectivity index (χ2n) is 6.02. The number of rotatable bonds is 5. The number of anilines is 1. The van der Waals surface area contributed by atoms with Crippen molar-refractivity contribution in [1.82, 2.24) is 9.55 Å². The van der Waals surface area contributed by atoms with E-state index in [9.17, 15) is 9.59 Å². The maximum atomic E-state index is 12.3. The predicted octanol–water partition coefficient (Wildman–Crippen LogP) is 3.56. The monoisotopic (exact) mass is 347 g/mol. The zero-order chi connectivity index (χ0) is 17.9. The normalized spacial score (nSPS) is 11.1. The number of benzene rings is 2. The lowest BCUT2D eigenvalue weighted by Gasteiger charge is -2.08. The average Bonchev–Trinajstić information content (AvgIpc) is 2.98. The molecule has 0 atom stereocenters. The van der Waals surface area contributed by atoms with Crippen LogP contribution < -0.4 is 11.1 Å². The molecule has 0 aliphatic heterocycles. The van der Waals surface area contributed by atoms with E-state index in [0.29, 0.717) is 30.7 Å². The topological polar surface area (TPSA) is 77.1 Å². The van der Waals surface area contributed by atoms with E-state index in [1.54, 1.807) is 16.8 Å². The van der Waals surface area contributed by atoms with Gasteiger partial charge in [0.2, 0.25) is 5.91 Å². The number of pyridine rings is 1. The smallest absolute Gasteiger partial charge is 0.408 e. The van der Waals surface area contributed by atoms with Crippen molar-refractivity contribution < 1.29 is 9.21 Å². The highest BCUT2D eigenvalue weighted by atomic mass is 16.4. The van der Waals surface area contributed by atoms with Crippen molar-refractivity contribution in [1.29, 1.82) is 0 Å². The molecule has 0 aliphatic rings. The number of aromatic nitrogens is 2. The van der Waals surface area contributed by atoms with Crippen molar-refractivity contribution in [3.8, 4) is 0 Å². The number of aryl methyl sites for hydroxylation is 1. The SMILES string of the molecule is O=C(CCCn1c(=O)oc2ccccc21)Nc1cccc2cccnc12. The van der Waals surface area contributed by atoms with E-state index >= 15 is 0 Å². The van der Waals surface area contributed by atoms with Crippen LogP contribution >= 0.6 is 0 Å². The van der Waals surface area contributed by atoms with Gasteiger partial charge in [-0.15, -0.1) is 0 Å². The minimum Gasteiger partial charge on any atom is -0.408 e.